The SMILES string of the molecule is CCCOc1ccc(CNC2CCCCC2CC)cc1. The minimum atomic E-state index is 0.713. The predicted octanol–water partition coefficient (Wildman–Crippen LogP) is 4.53. The summed E-state index contributed by atoms with van der Waals surface area (Å²) in [5.41, 5.74) is 1.36. The van der Waals surface area contributed by atoms with Crippen LogP contribution in [0.4, 0.5) is 0 Å². The van der Waals surface area contributed by atoms with E-state index in [1.807, 2.05) is 0 Å². The van der Waals surface area contributed by atoms with Crippen LogP contribution in [0.15, 0.2) is 24.3 Å². The molecule has 2 heteroatoms. The lowest BCUT2D eigenvalue weighted by atomic mass is 9.83. The Hall–Kier alpha value is -1.02. The fraction of sp³-hybridized carbons (Fsp3) is 0.667. The van der Waals surface area contributed by atoms with E-state index in [0.29, 0.717) is 6.04 Å². The van der Waals surface area contributed by atoms with Crippen LogP contribution >= 0.6 is 0 Å². The van der Waals surface area contributed by atoms with Crippen molar-refractivity contribution >= 4 is 0 Å². The maximum absolute atomic E-state index is 5.62. The molecule has 1 aliphatic carbocycles. The van der Waals surface area contributed by atoms with Gasteiger partial charge >= 0.3 is 0 Å². The highest BCUT2D eigenvalue weighted by Crippen LogP contribution is 2.27. The molecule has 0 aromatic heterocycles. The molecule has 1 aromatic rings. The summed E-state index contributed by atoms with van der Waals surface area (Å²) in [6.45, 7) is 6.24. The van der Waals surface area contributed by atoms with Gasteiger partial charge in [0.05, 0.1) is 6.61 Å². The van der Waals surface area contributed by atoms with E-state index in [4.69, 9.17) is 4.74 Å². The molecule has 1 aliphatic rings. The normalized spacial score (nSPS) is 22.7. The molecule has 0 radical (unpaired) electrons. The zero-order valence-electron chi connectivity index (χ0n) is 13.0. The summed E-state index contributed by atoms with van der Waals surface area (Å²) in [6.07, 6.45) is 7.91. The Morgan fingerprint density at radius 1 is 1.10 bits per heavy atom. The molecule has 2 unspecified atom stereocenters. The van der Waals surface area contributed by atoms with Crippen molar-refractivity contribution in [3.8, 4) is 5.75 Å². The summed E-state index contributed by atoms with van der Waals surface area (Å²) < 4.78 is 5.62. The molecule has 2 rings (SSSR count). The molecule has 0 heterocycles. The van der Waals surface area contributed by atoms with Gasteiger partial charge in [-0.2, -0.15) is 0 Å². The second kappa shape index (κ2) is 8.31. The molecule has 0 bridgehead atoms. The van der Waals surface area contributed by atoms with Crippen molar-refractivity contribution in [2.75, 3.05) is 6.61 Å². The molecule has 0 spiro atoms. The maximum Gasteiger partial charge on any atom is 0.119 e. The number of ether oxygens (including phenoxy) is 1. The van der Waals surface area contributed by atoms with Gasteiger partial charge in [0, 0.05) is 12.6 Å². The lowest BCUT2D eigenvalue weighted by molar-refractivity contribution is 0.254. The van der Waals surface area contributed by atoms with E-state index in [-0.39, 0.29) is 0 Å². The topological polar surface area (TPSA) is 21.3 Å². The minimum Gasteiger partial charge on any atom is -0.494 e. The summed E-state index contributed by atoms with van der Waals surface area (Å²) in [7, 11) is 0. The van der Waals surface area contributed by atoms with Gasteiger partial charge in [-0.15, -0.1) is 0 Å². The van der Waals surface area contributed by atoms with E-state index in [1.165, 1.54) is 37.7 Å². The van der Waals surface area contributed by atoms with Crippen molar-refractivity contribution in [3.63, 3.8) is 0 Å². The highest BCUT2D eigenvalue weighted by atomic mass is 16.5. The van der Waals surface area contributed by atoms with Crippen LogP contribution in [0.1, 0.15) is 57.9 Å². The van der Waals surface area contributed by atoms with Crippen LogP contribution in [0.2, 0.25) is 0 Å². The molecule has 2 atom stereocenters. The Balaban J connectivity index is 1.80. The molecule has 20 heavy (non-hydrogen) atoms. The van der Waals surface area contributed by atoms with Crippen LogP contribution in [0.3, 0.4) is 0 Å². The molecule has 0 aliphatic heterocycles. The third-order valence-corrected chi connectivity index (χ3v) is 4.40. The van der Waals surface area contributed by atoms with Gasteiger partial charge in [0.15, 0.2) is 0 Å². The second-order valence-corrected chi connectivity index (χ2v) is 5.93. The number of nitrogens with one attached hydrogen (secondary N) is 1. The Bertz CT molecular complexity index is 374. The predicted molar refractivity (Wildman–Crippen MR) is 85.1 cm³/mol. The first-order valence-corrected chi connectivity index (χ1v) is 8.28. The van der Waals surface area contributed by atoms with Gasteiger partial charge in [0.1, 0.15) is 5.75 Å². The molecule has 1 aromatic carbocycles. The van der Waals surface area contributed by atoms with Crippen molar-refractivity contribution in [1.29, 1.82) is 0 Å². The zero-order valence-corrected chi connectivity index (χ0v) is 13.0. The minimum absolute atomic E-state index is 0.713. The highest BCUT2D eigenvalue weighted by Gasteiger charge is 2.22. The third kappa shape index (κ3) is 4.52. The van der Waals surface area contributed by atoms with Gasteiger partial charge in [0.25, 0.3) is 0 Å². The van der Waals surface area contributed by atoms with Gasteiger partial charge in [-0.1, -0.05) is 45.2 Å². The quantitative estimate of drug-likeness (QED) is 0.789. The van der Waals surface area contributed by atoms with Crippen LogP contribution in [0.5, 0.6) is 5.75 Å². The maximum atomic E-state index is 5.62. The molecule has 0 saturated heterocycles. The van der Waals surface area contributed by atoms with E-state index in [2.05, 4.69) is 43.4 Å². The number of hydrogen-bond acceptors (Lipinski definition) is 2. The summed E-state index contributed by atoms with van der Waals surface area (Å²) in [5.74, 6) is 1.86. The van der Waals surface area contributed by atoms with Gasteiger partial charge < -0.3 is 10.1 Å². The van der Waals surface area contributed by atoms with Crippen LogP contribution < -0.4 is 10.1 Å². The van der Waals surface area contributed by atoms with Crippen molar-refractivity contribution in [3.05, 3.63) is 29.8 Å². The van der Waals surface area contributed by atoms with Crippen LogP contribution in [0.25, 0.3) is 0 Å². The number of rotatable bonds is 7. The van der Waals surface area contributed by atoms with Gasteiger partial charge in [-0.05, 0) is 42.9 Å². The monoisotopic (exact) mass is 275 g/mol. The lowest BCUT2D eigenvalue weighted by Gasteiger charge is -2.31. The average Bonchev–Trinajstić information content (AvgIpc) is 2.52. The van der Waals surface area contributed by atoms with Gasteiger partial charge in [0.2, 0.25) is 0 Å². The fourth-order valence-electron chi connectivity index (χ4n) is 3.14. The fourth-order valence-corrected chi connectivity index (χ4v) is 3.14. The Kier molecular flexibility index (Phi) is 6.38. The zero-order chi connectivity index (χ0) is 14.2. The van der Waals surface area contributed by atoms with Crippen LogP contribution in [-0.2, 0) is 6.54 Å². The Labute approximate surface area is 123 Å². The first-order valence-electron chi connectivity index (χ1n) is 8.28. The van der Waals surface area contributed by atoms with E-state index < -0.39 is 0 Å². The van der Waals surface area contributed by atoms with Crippen molar-refractivity contribution in [1.82, 2.24) is 5.32 Å². The summed E-state index contributed by atoms with van der Waals surface area (Å²) in [4.78, 5) is 0. The standard InChI is InChI=1S/C18H29NO/c1-3-13-20-17-11-9-15(10-12-17)14-19-18-8-6-5-7-16(18)4-2/h9-12,16,18-19H,3-8,13-14H2,1-2H3. The van der Waals surface area contributed by atoms with E-state index in [1.54, 1.807) is 0 Å². The summed E-state index contributed by atoms with van der Waals surface area (Å²) in [6, 6.07) is 9.25. The summed E-state index contributed by atoms with van der Waals surface area (Å²) >= 11 is 0. The first kappa shape index (κ1) is 15.4. The Morgan fingerprint density at radius 2 is 1.85 bits per heavy atom. The lowest BCUT2D eigenvalue weighted by Crippen LogP contribution is -2.37. The van der Waals surface area contributed by atoms with E-state index >= 15 is 0 Å². The molecule has 1 fully saturated rings. The largest absolute Gasteiger partial charge is 0.494 e. The number of benzene rings is 1. The molecule has 1 N–H and O–H groups in total. The molecule has 112 valence electrons. The highest BCUT2D eigenvalue weighted by molar-refractivity contribution is 5.27. The molecular formula is C18H29NO. The van der Waals surface area contributed by atoms with E-state index in [0.717, 1.165) is 31.2 Å². The average molecular weight is 275 g/mol. The van der Waals surface area contributed by atoms with Crippen LogP contribution in [-0.4, -0.2) is 12.6 Å². The van der Waals surface area contributed by atoms with E-state index in [9.17, 15) is 0 Å². The molecule has 2 nitrogen and oxygen atoms in total. The van der Waals surface area contributed by atoms with Crippen molar-refractivity contribution < 1.29 is 4.74 Å². The second-order valence-electron chi connectivity index (χ2n) is 5.93. The van der Waals surface area contributed by atoms with Gasteiger partial charge in [-0.3, -0.25) is 0 Å². The van der Waals surface area contributed by atoms with Crippen molar-refractivity contribution in [2.24, 2.45) is 5.92 Å². The molecule has 1 saturated carbocycles. The Morgan fingerprint density at radius 3 is 2.55 bits per heavy atom. The van der Waals surface area contributed by atoms with Crippen LogP contribution in [0, 0.1) is 5.92 Å². The third-order valence-electron chi connectivity index (χ3n) is 4.40. The summed E-state index contributed by atoms with van der Waals surface area (Å²) in [5, 5.41) is 3.76. The molecule has 0 amide bonds. The van der Waals surface area contributed by atoms with Crippen molar-refractivity contribution in [2.45, 2.75) is 65.0 Å². The molecular weight excluding hydrogens is 246 g/mol. The van der Waals surface area contributed by atoms with Gasteiger partial charge in [-0.25, -0.2) is 0 Å². The number of hydrogen-bond donors (Lipinski definition) is 1. The first-order chi connectivity index (χ1) is 9.83. The smallest absolute Gasteiger partial charge is 0.119 e.